The minimum absolute atomic E-state index is 0.499. The predicted molar refractivity (Wildman–Crippen MR) is 71.5 cm³/mol. The van der Waals surface area contributed by atoms with Crippen LogP contribution in [-0.2, 0) is 11.2 Å². The predicted octanol–water partition coefficient (Wildman–Crippen LogP) is 2.90. The molecular weight excluding hydrogens is 234 g/mol. The molecule has 0 saturated carbocycles. The van der Waals surface area contributed by atoms with Gasteiger partial charge >= 0.3 is 0 Å². The van der Waals surface area contributed by atoms with Crippen molar-refractivity contribution < 1.29 is 4.74 Å². The van der Waals surface area contributed by atoms with Crippen molar-refractivity contribution in [2.24, 2.45) is 5.92 Å². The second kappa shape index (κ2) is 6.39. The second-order valence-electron chi connectivity index (χ2n) is 4.64. The Morgan fingerprint density at radius 1 is 1.35 bits per heavy atom. The summed E-state index contributed by atoms with van der Waals surface area (Å²) in [6, 6.07) is 8.62. The minimum Gasteiger partial charge on any atom is -0.381 e. The summed E-state index contributed by atoms with van der Waals surface area (Å²) in [7, 11) is 2.04. The molecule has 1 atom stereocenters. The van der Waals surface area contributed by atoms with Crippen LogP contribution in [0.3, 0.4) is 0 Å². The van der Waals surface area contributed by atoms with Crippen molar-refractivity contribution in [3.05, 3.63) is 34.9 Å². The first-order chi connectivity index (χ1) is 8.31. The smallest absolute Gasteiger partial charge is 0.0469 e. The third-order valence-corrected chi connectivity index (χ3v) is 3.97. The summed E-state index contributed by atoms with van der Waals surface area (Å²) in [4.78, 5) is 0. The van der Waals surface area contributed by atoms with Gasteiger partial charge in [-0.1, -0.05) is 29.8 Å². The van der Waals surface area contributed by atoms with Gasteiger partial charge in [-0.15, -0.1) is 0 Å². The van der Waals surface area contributed by atoms with E-state index in [9.17, 15) is 0 Å². The van der Waals surface area contributed by atoms with E-state index in [2.05, 4.69) is 17.4 Å². The number of ether oxygens (including phenoxy) is 1. The molecule has 1 saturated heterocycles. The highest BCUT2D eigenvalue weighted by Crippen LogP contribution is 2.24. The molecule has 1 aromatic carbocycles. The van der Waals surface area contributed by atoms with Crippen molar-refractivity contribution in [2.45, 2.75) is 25.3 Å². The van der Waals surface area contributed by atoms with E-state index in [-0.39, 0.29) is 0 Å². The van der Waals surface area contributed by atoms with Crippen LogP contribution >= 0.6 is 11.6 Å². The molecule has 0 amide bonds. The van der Waals surface area contributed by atoms with Gasteiger partial charge in [0.1, 0.15) is 0 Å². The zero-order valence-corrected chi connectivity index (χ0v) is 11.0. The fourth-order valence-corrected chi connectivity index (χ4v) is 2.74. The molecule has 0 aromatic heterocycles. The van der Waals surface area contributed by atoms with Crippen LogP contribution in [0.4, 0.5) is 0 Å². The third-order valence-electron chi connectivity index (χ3n) is 3.60. The van der Waals surface area contributed by atoms with E-state index in [1.165, 1.54) is 5.56 Å². The van der Waals surface area contributed by atoms with Gasteiger partial charge < -0.3 is 10.1 Å². The Labute approximate surface area is 108 Å². The number of hydrogen-bond acceptors (Lipinski definition) is 2. The van der Waals surface area contributed by atoms with Crippen molar-refractivity contribution in [1.29, 1.82) is 0 Å². The summed E-state index contributed by atoms with van der Waals surface area (Å²) >= 11 is 6.21. The molecule has 1 heterocycles. The molecule has 1 aliphatic heterocycles. The summed E-state index contributed by atoms with van der Waals surface area (Å²) < 4.78 is 5.41. The van der Waals surface area contributed by atoms with Crippen LogP contribution in [0.25, 0.3) is 0 Å². The van der Waals surface area contributed by atoms with Crippen LogP contribution < -0.4 is 5.32 Å². The van der Waals surface area contributed by atoms with Crippen molar-refractivity contribution >= 4 is 11.6 Å². The van der Waals surface area contributed by atoms with Gasteiger partial charge in [-0.25, -0.2) is 0 Å². The van der Waals surface area contributed by atoms with Gasteiger partial charge in [0.25, 0.3) is 0 Å². The molecular formula is C14H20ClNO. The fourth-order valence-electron chi connectivity index (χ4n) is 2.52. The molecule has 17 heavy (non-hydrogen) atoms. The van der Waals surface area contributed by atoms with Crippen LogP contribution in [-0.4, -0.2) is 26.3 Å². The number of halogens is 1. The first-order valence-electron chi connectivity index (χ1n) is 6.29. The molecule has 0 spiro atoms. The van der Waals surface area contributed by atoms with Gasteiger partial charge in [0, 0.05) is 24.3 Å². The number of benzene rings is 1. The summed E-state index contributed by atoms with van der Waals surface area (Å²) in [5, 5.41) is 4.31. The highest BCUT2D eigenvalue weighted by Gasteiger charge is 2.23. The molecule has 3 heteroatoms. The maximum absolute atomic E-state index is 6.21. The van der Waals surface area contributed by atoms with E-state index in [0.717, 1.165) is 37.5 Å². The van der Waals surface area contributed by atoms with E-state index in [1.807, 2.05) is 19.2 Å². The molecule has 0 radical (unpaired) electrons. The summed E-state index contributed by atoms with van der Waals surface area (Å²) in [5.41, 5.74) is 1.24. The van der Waals surface area contributed by atoms with E-state index in [4.69, 9.17) is 16.3 Å². The quantitative estimate of drug-likeness (QED) is 0.891. The molecule has 2 nitrogen and oxygen atoms in total. The van der Waals surface area contributed by atoms with Crippen molar-refractivity contribution in [3.63, 3.8) is 0 Å². The fraction of sp³-hybridized carbons (Fsp3) is 0.571. The first-order valence-corrected chi connectivity index (χ1v) is 6.67. The number of hydrogen-bond donors (Lipinski definition) is 1. The van der Waals surface area contributed by atoms with Crippen molar-refractivity contribution in [2.75, 3.05) is 20.3 Å². The molecule has 2 rings (SSSR count). The Bertz CT molecular complexity index is 350. The highest BCUT2D eigenvalue weighted by atomic mass is 35.5. The summed E-state index contributed by atoms with van der Waals surface area (Å²) in [5.74, 6) is 0.699. The molecule has 94 valence electrons. The Kier molecular flexibility index (Phi) is 4.84. The summed E-state index contributed by atoms with van der Waals surface area (Å²) in [6.45, 7) is 1.79. The third kappa shape index (κ3) is 3.44. The number of rotatable bonds is 4. The van der Waals surface area contributed by atoms with Crippen LogP contribution in [0.15, 0.2) is 24.3 Å². The Hall–Kier alpha value is -0.570. The normalized spacial score (nSPS) is 19.2. The van der Waals surface area contributed by atoms with Gasteiger partial charge in [-0.05, 0) is 43.9 Å². The SMILES string of the molecule is CNC(Cc1ccccc1Cl)C1CCOCC1. The molecule has 1 unspecified atom stereocenters. The van der Waals surface area contributed by atoms with Crippen LogP contribution in [0.2, 0.25) is 5.02 Å². The zero-order chi connectivity index (χ0) is 12.1. The van der Waals surface area contributed by atoms with E-state index >= 15 is 0 Å². The first kappa shape index (κ1) is 12.9. The molecule has 1 fully saturated rings. The summed E-state index contributed by atoms with van der Waals surface area (Å²) in [6.07, 6.45) is 3.30. The maximum Gasteiger partial charge on any atom is 0.0469 e. The molecule has 1 aliphatic rings. The van der Waals surface area contributed by atoms with Gasteiger partial charge in [0.05, 0.1) is 0 Å². The lowest BCUT2D eigenvalue weighted by Crippen LogP contribution is -2.38. The van der Waals surface area contributed by atoms with E-state index < -0.39 is 0 Å². The van der Waals surface area contributed by atoms with Crippen molar-refractivity contribution in [3.8, 4) is 0 Å². The molecule has 0 bridgehead atoms. The minimum atomic E-state index is 0.499. The van der Waals surface area contributed by atoms with Gasteiger partial charge in [-0.2, -0.15) is 0 Å². The Morgan fingerprint density at radius 3 is 2.71 bits per heavy atom. The standard InChI is InChI=1S/C14H20ClNO/c1-16-14(11-6-8-17-9-7-11)10-12-4-2-3-5-13(12)15/h2-5,11,14,16H,6-10H2,1H3. The highest BCUT2D eigenvalue weighted by molar-refractivity contribution is 6.31. The van der Waals surface area contributed by atoms with E-state index in [0.29, 0.717) is 12.0 Å². The number of likely N-dealkylation sites (N-methyl/N-ethyl adjacent to an activating group) is 1. The van der Waals surface area contributed by atoms with Crippen molar-refractivity contribution in [1.82, 2.24) is 5.32 Å². The van der Waals surface area contributed by atoms with Gasteiger partial charge in [0.2, 0.25) is 0 Å². The molecule has 0 aliphatic carbocycles. The zero-order valence-electron chi connectivity index (χ0n) is 10.3. The Morgan fingerprint density at radius 2 is 2.06 bits per heavy atom. The number of nitrogens with one attached hydrogen (secondary N) is 1. The average Bonchev–Trinajstić information content (AvgIpc) is 2.39. The second-order valence-corrected chi connectivity index (χ2v) is 5.05. The molecule has 1 N–H and O–H groups in total. The lowest BCUT2D eigenvalue weighted by molar-refractivity contribution is 0.0547. The average molecular weight is 254 g/mol. The van der Waals surface area contributed by atoms with Crippen LogP contribution in [0.1, 0.15) is 18.4 Å². The van der Waals surface area contributed by atoms with Crippen LogP contribution in [0, 0.1) is 5.92 Å². The Balaban J connectivity index is 2.01. The van der Waals surface area contributed by atoms with Gasteiger partial charge in [-0.3, -0.25) is 0 Å². The lowest BCUT2D eigenvalue weighted by Gasteiger charge is -2.30. The van der Waals surface area contributed by atoms with E-state index in [1.54, 1.807) is 0 Å². The van der Waals surface area contributed by atoms with Gasteiger partial charge in [0.15, 0.2) is 0 Å². The van der Waals surface area contributed by atoms with Crippen LogP contribution in [0.5, 0.6) is 0 Å². The largest absolute Gasteiger partial charge is 0.381 e. The topological polar surface area (TPSA) is 21.3 Å². The monoisotopic (exact) mass is 253 g/mol. The molecule has 1 aromatic rings. The lowest BCUT2D eigenvalue weighted by atomic mass is 9.88. The maximum atomic E-state index is 6.21.